The molecule has 0 aliphatic carbocycles. The summed E-state index contributed by atoms with van der Waals surface area (Å²) in [4.78, 5) is 6.61. The second-order valence-electron chi connectivity index (χ2n) is 5.31. The normalized spacial score (nSPS) is 12.7. The van der Waals surface area contributed by atoms with Crippen molar-refractivity contribution in [2.24, 2.45) is 0 Å². The molecule has 0 aliphatic rings. The summed E-state index contributed by atoms with van der Waals surface area (Å²) in [5.41, 5.74) is 3.20. The molecule has 1 unspecified atom stereocenters. The first-order chi connectivity index (χ1) is 10.1. The van der Waals surface area contributed by atoms with Crippen molar-refractivity contribution >= 4 is 27.4 Å². The van der Waals surface area contributed by atoms with Gasteiger partial charge in [-0.05, 0) is 13.0 Å². The van der Waals surface area contributed by atoms with Gasteiger partial charge in [-0.25, -0.2) is 4.98 Å². The number of nitrogens with one attached hydrogen (secondary N) is 1. The Labute approximate surface area is 128 Å². The molecule has 2 aromatic heterocycles. The Morgan fingerprint density at radius 3 is 2.90 bits per heavy atom. The summed E-state index contributed by atoms with van der Waals surface area (Å²) in [6, 6.07) is 8.34. The number of rotatable bonds is 5. The van der Waals surface area contributed by atoms with E-state index in [0.29, 0.717) is 0 Å². The summed E-state index contributed by atoms with van der Waals surface area (Å²) < 4.78 is 5.60. The fourth-order valence-electron chi connectivity index (χ4n) is 2.28. The quantitative estimate of drug-likeness (QED) is 0.778. The van der Waals surface area contributed by atoms with Crippen LogP contribution in [0, 0.1) is 0 Å². The monoisotopic (exact) mass is 301 g/mol. The zero-order chi connectivity index (χ0) is 14.8. The van der Waals surface area contributed by atoms with Gasteiger partial charge in [0.05, 0.1) is 12.0 Å². The smallest absolute Gasteiger partial charge is 0.185 e. The molecule has 0 radical (unpaired) electrons. The van der Waals surface area contributed by atoms with Crippen LogP contribution < -0.4 is 10.2 Å². The number of para-hydroxylation sites is 1. The topological polar surface area (TPSA) is 41.3 Å². The maximum absolute atomic E-state index is 5.60. The molecule has 0 spiro atoms. The van der Waals surface area contributed by atoms with Crippen molar-refractivity contribution in [1.82, 2.24) is 10.3 Å². The largest absolute Gasteiger partial charge is 0.464 e. The van der Waals surface area contributed by atoms with Gasteiger partial charge in [-0.2, -0.15) is 0 Å². The predicted octanol–water partition coefficient (Wildman–Crippen LogP) is 3.81. The summed E-state index contributed by atoms with van der Waals surface area (Å²) in [5.74, 6) is 0. The minimum Gasteiger partial charge on any atom is -0.464 e. The molecule has 0 aliphatic heterocycles. The zero-order valence-corrected chi connectivity index (χ0v) is 13.3. The van der Waals surface area contributed by atoms with Crippen LogP contribution in [0.3, 0.4) is 0 Å². The van der Waals surface area contributed by atoms with Crippen LogP contribution in [-0.2, 0) is 6.54 Å². The van der Waals surface area contributed by atoms with E-state index in [0.717, 1.165) is 23.0 Å². The van der Waals surface area contributed by atoms with Crippen LogP contribution in [0.5, 0.6) is 0 Å². The average molecular weight is 301 g/mol. The summed E-state index contributed by atoms with van der Waals surface area (Å²) in [5, 5.41) is 7.82. The molecule has 2 heterocycles. The number of aromatic nitrogens is 1. The van der Waals surface area contributed by atoms with E-state index in [4.69, 9.17) is 4.42 Å². The standard InChI is InChI=1S/C16H19N3OS/c1-11(14-9-20-15-7-5-4-6-13(14)15)17-8-12-10-21-16(18-12)19(2)3/h4-7,9-11,17H,8H2,1-3H3. The third-order valence-corrected chi connectivity index (χ3v) is 4.55. The Hall–Kier alpha value is -1.85. The Kier molecular flexibility index (Phi) is 3.94. The minimum absolute atomic E-state index is 0.221. The van der Waals surface area contributed by atoms with E-state index in [1.165, 1.54) is 10.9 Å². The molecule has 0 saturated carbocycles. The molecule has 0 amide bonds. The van der Waals surface area contributed by atoms with Crippen molar-refractivity contribution in [2.75, 3.05) is 19.0 Å². The lowest BCUT2D eigenvalue weighted by atomic mass is 10.1. The van der Waals surface area contributed by atoms with E-state index in [9.17, 15) is 0 Å². The maximum atomic E-state index is 5.60. The van der Waals surface area contributed by atoms with Crippen LogP contribution >= 0.6 is 11.3 Å². The summed E-state index contributed by atoms with van der Waals surface area (Å²) in [6.07, 6.45) is 1.84. The first-order valence-corrected chi connectivity index (χ1v) is 7.84. The fourth-order valence-corrected chi connectivity index (χ4v) is 3.04. The molecule has 1 aromatic carbocycles. The Morgan fingerprint density at radius 2 is 2.14 bits per heavy atom. The third-order valence-electron chi connectivity index (χ3n) is 3.49. The first kappa shape index (κ1) is 14.1. The Bertz CT molecular complexity index is 732. The van der Waals surface area contributed by atoms with Gasteiger partial charge in [0.1, 0.15) is 5.58 Å². The van der Waals surface area contributed by atoms with Gasteiger partial charge < -0.3 is 14.6 Å². The van der Waals surface area contributed by atoms with Gasteiger partial charge in [0.25, 0.3) is 0 Å². The number of anilines is 1. The Balaban J connectivity index is 1.69. The van der Waals surface area contributed by atoms with Gasteiger partial charge in [-0.15, -0.1) is 11.3 Å². The summed E-state index contributed by atoms with van der Waals surface area (Å²) >= 11 is 1.67. The summed E-state index contributed by atoms with van der Waals surface area (Å²) in [7, 11) is 4.02. The van der Waals surface area contributed by atoms with Crippen LogP contribution in [-0.4, -0.2) is 19.1 Å². The molecule has 5 heteroatoms. The van der Waals surface area contributed by atoms with Crippen LogP contribution in [0.4, 0.5) is 5.13 Å². The lowest BCUT2D eigenvalue weighted by Gasteiger charge is -2.11. The highest BCUT2D eigenvalue weighted by atomic mass is 32.1. The van der Waals surface area contributed by atoms with Gasteiger partial charge in [-0.1, -0.05) is 18.2 Å². The van der Waals surface area contributed by atoms with Crippen molar-refractivity contribution in [3.63, 3.8) is 0 Å². The molecular weight excluding hydrogens is 282 g/mol. The number of thiazole rings is 1. The van der Waals surface area contributed by atoms with Gasteiger partial charge in [-0.3, -0.25) is 0 Å². The molecule has 0 bridgehead atoms. The fraction of sp³-hybridized carbons (Fsp3) is 0.312. The number of hydrogen-bond donors (Lipinski definition) is 1. The van der Waals surface area contributed by atoms with Crippen LogP contribution in [0.15, 0.2) is 40.3 Å². The third kappa shape index (κ3) is 2.94. The van der Waals surface area contributed by atoms with E-state index in [1.807, 2.05) is 43.5 Å². The van der Waals surface area contributed by atoms with Gasteiger partial charge in [0.15, 0.2) is 5.13 Å². The lowest BCUT2D eigenvalue weighted by Crippen LogP contribution is -2.18. The van der Waals surface area contributed by atoms with Gasteiger partial charge in [0, 0.05) is 43.0 Å². The second-order valence-corrected chi connectivity index (χ2v) is 6.14. The molecule has 1 N–H and O–H groups in total. The molecule has 21 heavy (non-hydrogen) atoms. The lowest BCUT2D eigenvalue weighted by molar-refractivity contribution is 0.551. The van der Waals surface area contributed by atoms with Crippen LogP contribution in [0.25, 0.3) is 11.0 Å². The van der Waals surface area contributed by atoms with E-state index < -0.39 is 0 Å². The first-order valence-electron chi connectivity index (χ1n) is 6.96. The molecular formula is C16H19N3OS. The minimum atomic E-state index is 0.221. The number of furan rings is 1. The highest BCUT2D eigenvalue weighted by Gasteiger charge is 2.13. The van der Waals surface area contributed by atoms with E-state index in [-0.39, 0.29) is 6.04 Å². The second kappa shape index (κ2) is 5.87. The molecule has 4 nitrogen and oxygen atoms in total. The van der Waals surface area contributed by atoms with Crippen molar-refractivity contribution in [2.45, 2.75) is 19.5 Å². The molecule has 0 saturated heterocycles. The highest BCUT2D eigenvalue weighted by Crippen LogP contribution is 2.26. The van der Waals surface area contributed by atoms with Gasteiger partial charge >= 0.3 is 0 Å². The molecule has 3 aromatic rings. The average Bonchev–Trinajstić information content (AvgIpc) is 3.11. The SMILES string of the molecule is CC(NCc1csc(N(C)C)n1)c1coc2ccccc12. The summed E-state index contributed by atoms with van der Waals surface area (Å²) in [6.45, 7) is 2.90. The Morgan fingerprint density at radius 1 is 1.33 bits per heavy atom. The number of benzene rings is 1. The molecule has 110 valence electrons. The van der Waals surface area contributed by atoms with Gasteiger partial charge in [0.2, 0.25) is 0 Å². The van der Waals surface area contributed by atoms with Crippen LogP contribution in [0.1, 0.15) is 24.2 Å². The highest BCUT2D eigenvalue weighted by molar-refractivity contribution is 7.13. The van der Waals surface area contributed by atoms with Crippen LogP contribution in [0.2, 0.25) is 0 Å². The number of nitrogens with zero attached hydrogens (tertiary/aromatic N) is 2. The molecule has 1 atom stereocenters. The van der Waals surface area contributed by atoms with E-state index in [1.54, 1.807) is 11.3 Å². The zero-order valence-electron chi connectivity index (χ0n) is 12.5. The van der Waals surface area contributed by atoms with Crippen molar-refractivity contribution in [3.8, 4) is 0 Å². The van der Waals surface area contributed by atoms with Crippen molar-refractivity contribution < 1.29 is 4.42 Å². The van der Waals surface area contributed by atoms with E-state index in [2.05, 4.69) is 28.7 Å². The van der Waals surface area contributed by atoms with Crippen molar-refractivity contribution in [1.29, 1.82) is 0 Å². The molecule has 3 rings (SSSR count). The number of hydrogen-bond acceptors (Lipinski definition) is 5. The maximum Gasteiger partial charge on any atom is 0.185 e. The number of fused-ring (bicyclic) bond motifs is 1. The predicted molar refractivity (Wildman–Crippen MR) is 87.9 cm³/mol. The molecule has 0 fully saturated rings. The van der Waals surface area contributed by atoms with Crippen molar-refractivity contribution in [3.05, 3.63) is 47.2 Å². The van der Waals surface area contributed by atoms with E-state index >= 15 is 0 Å².